The van der Waals surface area contributed by atoms with Gasteiger partial charge in [0.05, 0.1) is 16.0 Å². The summed E-state index contributed by atoms with van der Waals surface area (Å²) < 4.78 is 27.3. The van der Waals surface area contributed by atoms with E-state index in [1.807, 2.05) is 25.1 Å². The summed E-state index contributed by atoms with van der Waals surface area (Å²) in [7, 11) is -3.85. The number of hydrazine groups is 1. The summed E-state index contributed by atoms with van der Waals surface area (Å²) in [5.74, 6) is 6.21. The molecule has 0 spiro atoms. The summed E-state index contributed by atoms with van der Waals surface area (Å²) in [6.07, 6.45) is 1.41. The summed E-state index contributed by atoms with van der Waals surface area (Å²) in [6.45, 7) is 1.89. The van der Waals surface area contributed by atoms with E-state index in [9.17, 15) is 8.42 Å². The fourth-order valence-corrected chi connectivity index (χ4v) is 4.29. The summed E-state index contributed by atoms with van der Waals surface area (Å²) in [5, 5.41) is 1.79. The van der Waals surface area contributed by atoms with E-state index in [1.165, 1.54) is 11.2 Å². The smallest absolute Gasteiger partial charge is 0.246 e. The zero-order chi connectivity index (χ0) is 19.9. The number of anilines is 2. The summed E-state index contributed by atoms with van der Waals surface area (Å²) in [4.78, 5) is 8.73. The van der Waals surface area contributed by atoms with Crippen molar-refractivity contribution in [1.29, 1.82) is 0 Å². The Bertz CT molecular complexity index is 1250. The number of benzene rings is 2. The van der Waals surface area contributed by atoms with Gasteiger partial charge in [0.2, 0.25) is 5.95 Å². The van der Waals surface area contributed by atoms with Gasteiger partial charge in [-0.2, -0.15) is 9.97 Å². The van der Waals surface area contributed by atoms with Gasteiger partial charge in [0, 0.05) is 6.20 Å². The molecule has 9 heteroatoms. The fraction of sp³-hybridized carbons (Fsp3) is 0.0526. The zero-order valence-corrected chi connectivity index (χ0v) is 16.4. The third-order valence-corrected chi connectivity index (χ3v) is 6.25. The average molecular weight is 414 g/mol. The Labute approximate surface area is 167 Å². The van der Waals surface area contributed by atoms with Crippen molar-refractivity contribution >= 4 is 44.3 Å². The number of rotatable bonds is 4. The number of hydrogen-bond donors (Lipinski definition) is 1. The molecule has 142 valence electrons. The second kappa shape index (κ2) is 6.90. The van der Waals surface area contributed by atoms with Crippen molar-refractivity contribution in [2.75, 3.05) is 5.01 Å². The van der Waals surface area contributed by atoms with E-state index < -0.39 is 10.0 Å². The summed E-state index contributed by atoms with van der Waals surface area (Å²) in [6, 6.07) is 17.2. The standard InChI is InChI=1S/C19H16ClN5O2S/c1-13-7-9-15(10-8-13)28(26,27)24-12-11-16-17(20)22-19(23-18(16)24)25(21)14-5-3-2-4-6-14/h2-12H,21H2,1H3. The van der Waals surface area contributed by atoms with Gasteiger partial charge in [-0.15, -0.1) is 0 Å². The van der Waals surface area contributed by atoms with E-state index in [1.54, 1.807) is 42.5 Å². The minimum Gasteiger partial charge on any atom is -0.246 e. The van der Waals surface area contributed by atoms with Crippen LogP contribution in [-0.4, -0.2) is 22.4 Å². The lowest BCUT2D eigenvalue weighted by Gasteiger charge is -2.17. The lowest BCUT2D eigenvalue weighted by Crippen LogP contribution is -2.27. The molecule has 4 rings (SSSR count). The van der Waals surface area contributed by atoms with Gasteiger partial charge in [0.25, 0.3) is 10.0 Å². The van der Waals surface area contributed by atoms with E-state index in [0.29, 0.717) is 11.1 Å². The minimum absolute atomic E-state index is 0.0859. The molecule has 0 saturated carbocycles. The molecule has 2 aromatic heterocycles. The van der Waals surface area contributed by atoms with Gasteiger partial charge in [0.1, 0.15) is 5.15 Å². The molecule has 4 aromatic rings. The van der Waals surface area contributed by atoms with E-state index in [2.05, 4.69) is 9.97 Å². The Hall–Kier alpha value is -2.94. The molecule has 7 nitrogen and oxygen atoms in total. The number of hydrogen-bond acceptors (Lipinski definition) is 6. The van der Waals surface area contributed by atoms with Crippen LogP contribution in [0, 0.1) is 6.92 Å². The third kappa shape index (κ3) is 3.11. The van der Waals surface area contributed by atoms with Crippen molar-refractivity contribution in [1.82, 2.24) is 13.9 Å². The molecule has 2 heterocycles. The maximum absolute atomic E-state index is 13.1. The zero-order valence-electron chi connectivity index (χ0n) is 14.8. The fourth-order valence-electron chi connectivity index (χ4n) is 2.77. The normalized spacial score (nSPS) is 11.7. The van der Waals surface area contributed by atoms with Crippen LogP contribution < -0.4 is 10.9 Å². The third-order valence-electron chi connectivity index (χ3n) is 4.28. The lowest BCUT2D eigenvalue weighted by atomic mass is 10.2. The lowest BCUT2D eigenvalue weighted by molar-refractivity contribution is 0.588. The highest BCUT2D eigenvalue weighted by atomic mass is 35.5. The van der Waals surface area contributed by atoms with E-state index in [-0.39, 0.29) is 21.6 Å². The van der Waals surface area contributed by atoms with Crippen LogP contribution in [0.1, 0.15) is 5.56 Å². The molecule has 0 amide bonds. The molecule has 0 saturated heterocycles. The van der Waals surface area contributed by atoms with Crippen LogP contribution in [0.5, 0.6) is 0 Å². The van der Waals surface area contributed by atoms with Crippen LogP contribution >= 0.6 is 11.6 Å². The molecule has 0 bridgehead atoms. The maximum Gasteiger partial charge on any atom is 0.269 e. The van der Waals surface area contributed by atoms with E-state index >= 15 is 0 Å². The van der Waals surface area contributed by atoms with Gasteiger partial charge in [-0.25, -0.2) is 23.2 Å². The molecule has 0 radical (unpaired) electrons. The second-order valence-corrected chi connectivity index (χ2v) is 8.36. The van der Waals surface area contributed by atoms with Crippen LogP contribution in [0.3, 0.4) is 0 Å². The van der Waals surface area contributed by atoms with Crippen molar-refractivity contribution in [3.8, 4) is 0 Å². The van der Waals surface area contributed by atoms with Crippen molar-refractivity contribution in [2.24, 2.45) is 5.84 Å². The van der Waals surface area contributed by atoms with Crippen LogP contribution in [-0.2, 0) is 10.0 Å². The second-order valence-electron chi connectivity index (χ2n) is 6.19. The SMILES string of the molecule is Cc1ccc(S(=O)(=O)n2ccc3c(Cl)nc(N(N)c4ccccc4)nc32)cc1. The molecular weight excluding hydrogens is 398 g/mol. The van der Waals surface area contributed by atoms with Gasteiger partial charge in [-0.05, 0) is 37.3 Å². The monoisotopic (exact) mass is 413 g/mol. The van der Waals surface area contributed by atoms with Crippen LogP contribution in [0.2, 0.25) is 5.15 Å². The van der Waals surface area contributed by atoms with Gasteiger partial charge >= 0.3 is 0 Å². The first-order chi connectivity index (χ1) is 13.4. The Morgan fingerprint density at radius 3 is 2.36 bits per heavy atom. The van der Waals surface area contributed by atoms with Crippen molar-refractivity contribution in [3.63, 3.8) is 0 Å². The van der Waals surface area contributed by atoms with Crippen LogP contribution in [0.4, 0.5) is 11.6 Å². The Kier molecular flexibility index (Phi) is 4.54. The molecule has 2 N–H and O–H groups in total. The molecule has 0 aliphatic rings. The predicted molar refractivity (Wildman–Crippen MR) is 109 cm³/mol. The van der Waals surface area contributed by atoms with Gasteiger partial charge in [-0.3, -0.25) is 0 Å². The highest BCUT2D eigenvalue weighted by Crippen LogP contribution is 2.28. The van der Waals surface area contributed by atoms with Gasteiger partial charge < -0.3 is 0 Å². The highest BCUT2D eigenvalue weighted by Gasteiger charge is 2.22. The van der Waals surface area contributed by atoms with Crippen molar-refractivity contribution in [3.05, 3.63) is 77.6 Å². The van der Waals surface area contributed by atoms with E-state index in [0.717, 1.165) is 9.54 Å². The van der Waals surface area contributed by atoms with Crippen LogP contribution in [0.25, 0.3) is 11.0 Å². The molecule has 0 atom stereocenters. The first-order valence-electron chi connectivity index (χ1n) is 8.34. The molecule has 0 unspecified atom stereocenters. The molecular formula is C19H16ClN5O2S. The largest absolute Gasteiger partial charge is 0.269 e. The number of nitrogens with zero attached hydrogens (tertiary/aromatic N) is 4. The summed E-state index contributed by atoms with van der Waals surface area (Å²) in [5.41, 5.74) is 1.75. The molecule has 0 fully saturated rings. The van der Waals surface area contributed by atoms with Crippen molar-refractivity contribution < 1.29 is 8.42 Å². The van der Waals surface area contributed by atoms with Crippen LogP contribution in [0.15, 0.2) is 71.8 Å². The number of aromatic nitrogens is 3. The predicted octanol–water partition coefficient (Wildman–Crippen LogP) is 3.64. The van der Waals surface area contributed by atoms with Crippen molar-refractivity contribution in [2.45, 2.75) is 11.8 Å². The number of nitrogens with two attached hydrogens (primary N) is 1. The Morgan fingerprint density at radius 2 is 1.68 bits per heavy atom. The topological polar surface area (TPSA) is 94.1 Å². The number of aryl methyl sites for hydroxylation is 1. The average Bonchev–Trinajstić information content (AvgIpc) is 3.14. The first-order valence-corrected chi connectivity index (χ1v) is 10.2. The molecule has 28 heavy (non-hydrogen) atoms. The quantitative estimate of drug-likeness (QED) is 0.312. The first kappa shape index (κ1) is 18.4. The number of fused-ring (bicyclic) bond motifs is 1. The summed E-state index contributed by atoms with van der Waals surface area (Å²) >= 11 is 6.28. The van der Waals surface area contributed by atoms with Gasteiger partial charge in [0.15, 0.2) is 5.65 Å². The minimum atomic E-state index is -3.85. The molecule has 0 aliphatic heterocycles. The highest BCUT2D eigenvalue weighted by molar-refractivity contribution is 7.90. The number of para-hydroxylation sites is 1. The van der Waals surface area contributed by atoms with Gasteiger partial charge in [-0.1, -0.05) is 47.5 Å². The molecule has 0 aliphatic carbocycles. The Morgan fingerprint density at radius 1 is 1.00 bits per heavy atom. The number of halogens is 1. The maximum atomic E-state index is 13.1. The van der Waals surface area contributed by atoms with E-state index in [4.69, 9.17) is 17.4 Å². The Balaban J connectivity index is 1.87. The molecule has 2 aromatic carbocycles.